The molecule has 2 amide bonds. The van der Waals surface area contributed by atoms with E-state index in [-0.39, 0.29) is 30.2 Å². The Hall–Kier alpha value is -3.06. The number of amides is 2. The molecule has 1 N–H and O–H groups in total. The van der Waals surface area contributed by atoms with Crippen LogP contribution in [0.1, 0.15) is 24.9 Å². The van der Waals surface area contributed by atoms with Gasteiger partial charge in [0.25, 0.3) is 0 Å². The van der Waals surface area contributed by atoms with Gasteiger partial charge < -0.3 is 14.8 Å². The molecule has 30 heavy (non-hydrogen) atoms. The van der Waals surface area contributed by atoms with Crippen molar-refractivity contribution in [2.75, 3.05) is 17.7 Å². The molecule has 7 heteroatoms. The summed E-state index contributed by atoms with van der Waals surface area (Å²) < 4.78 is 1.93. The van der Waals surface area contributed by atoms with Crippen molar-refractivity contribution in [2.24, 2.45) is 5.92 Å². The Morgan fingerprint density at radius 2 is 2.00 bits per heavy atom. The molecule has 0 radical (unpaired) electrons. The highest BCUT2D eigenvalue weighted by Crippen LogP contribution is 2.28. The summed E-state index contributed by atoms with van der Waals surface area (Å²) in [6.07, 6.45) is 7.61. The molecule has 0 saturated carbocycles. The van der Waals surface area contributed by atoms with Crippen LogP contribution in [0.15, 0.2) is 72.1 Å². The number of nitrogens with zero attached hydrogens (tertiary/aromatic N) is 3. The number of benzene rings is 2. The Morgan fingerprint density at radius 1 is 1.20 bits per heavy atom. The molecular formula is C23H24N4O2S. The number of carbonyl (C=O) groups is 2. The summed E-state index contributed by atoms with van der Waals surface area (Å²) in [6, 6.07) is 15.7. The zero-order valence-corrected chi connectivity index (χ0v) is 17.8. The van der Waals surface area contributed by atoms with Crippen LogP contribution in [0.25, 0.3) is 5.69 Å². The molecule has 2 aromatic carbocycles. The summed E-state index contributed by atoms with van der Waals surface area (Å²) in [6.45, 7) is 2.37. The third kappa shape index (κ3) is 4.26. The summed E-state index contributed by atoms with van der Waals surface area (Å²) in [4.78, 5) is 32.2. The Bertz CT molecular complexity index is 1030. The van der Waals surface area contributed by atoms with E-state index < -0.39 is 0 Å². The number of hydrogen-bond donors (Lipinski definition) is 1. The van der Waals surface area contributed by atoms with Crippen LogP contribution >= 0.6 is 11.8 Å². The summed E-state index contributed by atoms with van der Waals surface area (Å²) in [5.74, 6) is -0.438. The summed E-state index contributed by atoms with van der Waals surface area (Å²) in [5.41, 5.74) is 2.88. The van der Waals surface area contributed by atoms with Crippen molar-refractivity contribution in [3.8, 4) is 5.69 Å². The predicted molar refractivity (Wildman–Crippen MR) is 119 cm³/mol. The SMILES string of the molecule is CSc1cccc(N2C[C@H](C(=O)N[C@H](C)c3ccc(-n4ccnc4)cc3)CC2=O)c1. The summed E-state index contributed by atoms with van der Waals surface area (Å²) in [7, 11) is 0. The number of aromatic nitrogens is 2. The van der Waals surface area contributed by atoms with Crippen molar-refractivity contribution in [2.45, 2.75) is 24.3 Å². The molecule has 1 aliphatic heterocycles. The van der Waals surface area contributed by atoms with Crippen LogP contribution in [-0.4, -0.2) is 34.2 Å². The molecule has 6 nitrogen and oxygen atoms in total. The molecule has 0 spiro atoms. The van der Waals surface area contributed by atoms with Gasteiger partial charge in [-0.15, -0.1) is 11.8 Å². The fourth-order valence-electron chi connectivity index (χ4n) is 3.67. The Kier molecular flexibility index (Phi) is 5.90. The molecule has 1 fully saturated rings. The molecule has 2 atom stereocenters. The third-order valence-corrected chi connectivity index (χ3v) is 6.14. The number of carbonyl (C=O) groups excluding carboxylic acids is 2. The van der Waals surface area contributed by atoms with E-state index in [9.17, 15) is 9.59 Å². The molecule has 0 aliphatic carbocycles. The van der Waals surface area contributed by atoms with Crippen LogP contribution in [0.5, 0.6) is 0 Å². The fourth-order valence-corrected chi connectivity index (χ4v) is 4.13. The van der Waals surface area contributed by atoms with Gasteiger partial charge in [0.05, 0.1) is 18.3 Å². The van der Waals surface area contributed by atoms with E-state index >= 15 is 0 Å². The summed E-state index contributed by atoms with van der Waals surface area (Å²) >= 11 is 1.63. The molecule has 4 rings (SSSR count). The molecule has 1 saturated heterocycles. The van der Waals surface area contributed by atoms with Crippen molar-refractivity contribution < 1.29 is 9.59 Å². The molecule has 0 bridgehead atoms. The van der Waals surface area contributed by atoms with Crippen LogP contribution in [0.4, 0.5) is 5.69 Å². The molecule has 0 unspecified atom stereocenters. The highest BCUT2D eigenvalue weighted by Gasteiger charge is 2.35. The minimum absolute atomic E-state index is 0.00857. The highest BCUT2D eigenvalue weighted by molar-refractivity contribution is 7.98. The second kappa shape index (κ2) is 8.75. The minimum atomic E-state index is -0.344. The van der Waals surface area contributed by atoms with E-state index in [1.54, 1.807) is 29.2 Å². The molecule has 154 valence electrons. The summed E-state index contributed by atoms with van der Waals surface area (Å²) in [5, 5.41) is 3.07. The maximum absolute atomic E-state index is 12.8. The Morgan fingerprint density at radius 3 is 2.70 bits per heavy atom. The van der Waals surface area contributed by atoms with E-state index in [1.165, 1.54) is 0 Å². The lowest BCUT2D eigenvalue weighted by Gasteiger charge is -2.19. The fraction of sp³-hybridized carbons (Fsp3) is 0.261. The first-order valence-corrected chi connectivity index (χ1v) is 11.1. The lowest BCUT2D eigenvalue weighted by atomic mass is 10.0. The number of anilines is 1. The number of thioether (sulfide) groups is 1. The van der Waals surface area contributed by atoms with Crippen LogP contribution in [0, 0.1) is 5.92 Å². The molecule has 1 aliphatic rings. The van der Waals surface area contributed by atoms with E-state index in [4.69, 9.17) is 0 Å². The topological polar surface area (TPSA) is 67.2 Å². The number of imidazole rings is 1. The second-order valence-electron chi connectivity index (χ2n) is 7.40. The van der Waals surface area contributed by atoms with Gasteiger partial charge in [-0.25, -0.2) is 4.98 Å². The number of rotatable bonds is 6. The maximum Gasteiger partial charge on any atom is 0.227 e. The quantitative estimate of drug-likeness (QED) is 0.616. The standard InChI is InChI=1S/C23H24N4O2S/c1-16(17-6-8-19(9-7-17)26-11-10-24-15-26)25-23(29)18-12-22(28)27(14-18)20-4-3-5-21(13-20)30-2/h3-11,13,15-16,18H,12,14H2,1-2H3,(H,25,29)/t16-,18-/m1/s1. The van der Waals surface area contributed by atoms with Crippen molar-refractivity contribution in [1.82, 2.24) is 14.9 Å². The van der Waals surface area contributed by atoms with E-state index in [2.05, 4.69) is 10.3 Å². The van der Waals surface area contributed by atoms with Crippen LogP contribution in [-0.2, 0) is 9.59 Å². The third-order valence-electron chi connectivity index (χ3n) is 5.42. The minimum Gasteiger partial charge on any atom is -0.349 e. The maximum atomic E-state index is 12.8. The highest BCUT2D eigenvalue weighted by atomic mass is 32.2. The first-order valence-electron chi connectivity index (χ1n) is 9.88. The van der Waals surface area contributed by atoms with Gasteiger partial charge >= 0.3 is 0 Å². The van der Waals surface area contributed by atoms with Crippen molar-refractivity contribution >= 4 is 29.3 Å². The lowest BCUT2D eigenvalue weighted by molar-refractivity contribution is -0.126. The van der Waals surface area contributed by atoms with E-state index in [0.29, 0.717) is 6.54 Å². The van der Waals surface area contributed by atoms with Gasteiger partial charge in [-0.05, 0) is 49.1 Å². The van der Waals surface area contributed by atoms with Gasteiger partial charge in [0.2, 0.25) is 11.8 Å². The van der Waals surface area contributed by atoms with Gasteiger partial charge in [-0.3, -0.25) is 9.59 Å². The van der Waals surface area contributed by atoms with E-state index in [0.717, 1.165) is 21.8 Å². The molecular weight excluding hydrogens is 396 g/mol. The number of nitrogens with one attached hydrogen (secondary N) is 1. The van der Waals surface area contributed by atoms with Gasteiger partial charge in [0.15, 0.2) is 0 Å². The molecule has 3 aromatic rings. The van der Waals surface area contributed by atoms with Crippen molar-refractivity contribution in [3.05, 3.63) is 72.8 Å². The Labute approximate surface area is 180 Å². The first-order chi connectivity index (χ1) is 14.5. The van der Waals surface area contributed by atoms with Crippen LogP contribution in [0.2, 0.25) is 0 Å². The normalized spacial score (nSPS) is 17.2. The Balaban J connectivity index is 1.39. The van der Waals surface area contributed by atoms with E-state index in [1.807, 2.05) is 72.5 Å². The average molecular weight is 421 g/mol. The monoisotopic (exact) mass is 420 g/mol. The second-order valence-corrected chi connectivity index (χ2v) is 8.28. The van der Waals surface area contributed by atoms with Gasteiger partial charge in [0, 0.05) is 41.6 Å². The van der Waals surface area contributed by atoms with Gasteiger partial charge in [0.1, 0.15) is 0 Å². The van der Waals surface area contributed by atoms with Crippen LogP contribution < -0.4 is 10.2 Å². The van der Waals surface area contributed by atoms with Gasteiger partial charge in [-0.2, -0.15) is 0 Å². The van der Waals surface area contributed by atoms with Crippen LogP contribution in [0.3, 0.4) is 0 Å². The van der Waals surface area contributed by atoms with Crippen molar-refractivity contribution in [1.29, 1.82) is 0 Å². The van der Waals surface area contributed by atoms with Gasteiger partial charge in [-0.1, -0.05) is 18.2 Å². The lowest BCUT2D eigenvalue weighted by Crippen LogP contribution is -2.34. The molecule has 1 aromatic heterocycles. The predicted octanol–water partition coefficient (Wildman–Crippen LogP) is 3.82. The smallest absolute Gasteiger partial charge is 0.227 e. The zero-order chi connectivity index (χ0) is 21.1. The largest absolute Gasteiger partial charge is 0.349 e. The molecule has 2 heterocycles. The first kappa shape index (κ1) is 20.2. The number of hydrogen-bond acceptors (Lipinski definition) is 4. The van der Waals surface area contributed by atoms with Crippen molar-refractivity contribution in [3.63, 3.8) is 0 Å². The average Bonchev–Trinajstić information content (AvgIpc) is 3.44. The zero-order valence-electron chi connectivity index (χ0n) is 17.0.